The standard InChI is InChI=1S/C32H22ClN5O6/c1-19-9-12-23(13-10-19)35-29(39)18-43-30-20(5-4-8-26(30)38(41)42)17-34-37-31(36-25-7-3-2-6-24(25)32(37)40)28-16-21-15-22(33)11-14-27(21)44-28/h2-17H,18H2,1H3,(H,35,39). The number of furan rings is 1. The van der Waals surface area contributed by atoms with E-state index in [4.69, 9.17) is 20.8 Å². The molecule has 0 aliphatic rings. The summed E-state index contributed by atoms with van der Waals surface area (Å²) in [7, 11) is 0. The van der Waals surface area contributed by atoms with Gasteiger partial charge >= 0.3 is 5.69 Å². The summed E-state index contributed by atoms with van der Waals surface area (Å²) in [6.07, 6.45) is 1.24. The van der Waals surface area contributed by atoms with E-state index in [1.165, 1.54) is 24.4 Å². The fourth-order valence-electron chi connectivity index (χ4n) is 4.55. The summed E-state index contributed by atoms with van der Waals surface area (Å²) in [5.74, 6) is -0.354. The maximum Gasteiger partial charge on any atom is 0.311 e. The highest BCUT2D eigenvalue weighted by Crippen LogP contribution is 2.31. The predicted octanol–water partition coefficient (Wildman–Crippen LogP) is 6.58. The van der Waals surface area contributed by atoms with E-state index in [0.717, 1.165) is 10.2 Å². The van der Waals surface area contributed by atoms with E-state index in [2.05, 4.69) is 15.4 Å². The molecule has 4 aromatic carbocycles. The van der Waals surface area contributed by atoms with Crippen molar-refractivity contribution < 1.29 is 18.9 Å². The van der Waals surface area contributed by atoms with Gasteiger partial charge in [-0.15, -0.1) is 0 Å². The van der Waals surface area contributed by atoms with Gasteiger partial charge in [-0.2, -0.15) is 9.78 Å². The van der Waals surface area contributed by atoms with E-state index < -0.39 is 23.0 Å². The molecule has 0 saturated carbocycles. The third-order valence-electron chi connectivity index (χ3n) is 6.67. The number of carbonyl (C=O) groups is 1. The van der Waals surface area contributed by atoms with Crippen molar-refractivity contribution in [2.75, 3.05) is 11.9 Å². The molecule has 11 nitrogen and oxygen atoms in total. The van der Waals surface area contributed by atoms with Crippen molar-refractivity contribution in [3.63, 3.8) is 0 Å². The normalized spacial score (nSPS) is 11.3. The first-order chi connectivity index (χ1) is 21.3. The summed E-state index contributed by atoms with van der Waals surface area (Å²) in [6.45, 7) is 1.41. The fraction of sp³-hybridized carbons (Fsp3) is 0.0625. The molecular weight excluding hydrogens is 586 g/mol. The second kappa shape index (κ2) is 11.8. The first-order valence-corrected chi connectivity index (χ1v) is 13.7. The number of rotatable bonds is 8. The smallest absolute Gasteiger partial charge is 0.311 e. The van der Waals surface area contributed by atoms with Crippen LogP contribution in [0.1, 0.15) is 11.1 Å². The van der Waals surface area contributed by atoms with Gasteiger partial charge in [0, 0.05) is 27.7 Å². The molecule has 2 aromatic heterocycles. The van der Waals surface area contributed by atoms with E-state index >= 15 is 0 Å². The zero-order chi connectivity index (χ0) is 30.8. The van der Waals surface area contributed by atoms with Gasteiger partial charge in [-0.25, -0.2) is 4.98 Å². The van der Waals surface area contributed by atoms with Crippen molar-refractivity contribution in [1.29, 1.82) is 0 Å². The molecule has 0 aliphatic carbocycles. The lowest BCUT2D eigenvalue weighted by Crippen LogP contribution is -2.21. The SMILES string of the molecule is Cc1ccc(NC(=O)COc2c(C=Nn3c(-c4cc5cc(Cl)ccc5o4)nc4ccccc4c3=O)cccc2[N+](=O)[O-])cc1. The molecule has 0 radical (unpaired) electrons. The molecule has 2 heterocycles. The van der Waals surface area contributed by atoms with Crippen molar-refractivity contribution >= 4 is 57.0 Å². The maximum atomic E-state index is 13.6. The first kappa shape index (κ1) is 28.3. The molecule has 1 N–H and O–H groups in total. The van der Waals surface area contributed by atoms with Crippen LogP contribution in [-0.4, -0.2) is 33.3 Å². The van der Waals surface area contributed by atoms with E-state index in [0.29, 0.717) is 32.6 Å². The van der Waals surface area contributed by atoms with E-state index in [1.807, 2.05) is 19.1 Å². The molecule has 6 rings (SSSR count). The van der Waals surface area contributed by atoms with E-state index in [1.54, 1.807) is 60.7 Å². The van der Waals surface area contributed by atoms with E-state index in [9.17, 15) is 19.7 Å². The highest BCUT2D eigenvalue weighted by molar-refractivity contribution is 6.31. The van der Waals surface area contributed by atoms with Crippen molar-refractivity contribution in [2.24, 2.45) is 5.10 Å². The molecule has 0 unspecified atom stereocenters. The molecular formula is C32H22ClN5O6. The minimum Gasteiger partial charge on any atom is -0.476 e. The van der Waals surface area contributed by atoms with Crippen LogP contribution in [0.3, 0.4) is 0 Å². The van der Waals surface area contributed by atoms with Crippen LogP contribution in [0.25, 0.3) is 33.5 Å². The van der Waals surface area contributed by atoms with Crippen molar-refractivity contribution in [3.05, 3.63) is 128 Å². The number of hydrogen-bond donors (Lipinski definition) is 1. The van der Waals surface area contributed by atoms with Gasteiger partial charge in [-0.3, -0.25) is 19.7 Å². The summed E-state index contributed by atoms with van der Waals surface area (Å²) < 4.78 is 12.7. The van der Waals surface area contributed by atoms with Crippen LogP contribution in [0.5, 0.6) is 5.75 Å². The Kier molecular flexibility index (Phi) is 7.61. The Morgan fingerprint density at radius 2 is 1.89 bits per heavy atom. The monoisotopic (exact) mass is 607 g/mol. The molecule has 0 saturated heterocycles. The lowest BCUT2D eigenvalue weighted by atomic mass is 10.2. The Balaban J connectivity index is 1.39. The van der Waals surface area contributed by atoms with Gasteiger partial charge in [-0.1, -0.05) is 47.5 Å². The van der Waals surface area contributed by atoms with Crippen LogP contribution >= 0.6 is 11.6 Å². The number of amides is 1. The molecule has 1 amide bonds. The number of ether oxygens (including phenoxy) is 1. The molecule has 6 aromatic rings. The predicted molar refractivity (Wildman–Crippen MR) is 168 cm³/mol. The van der Waals surface area contributed by atoms with Crippen molar-refractivity contribution in [1.82, 2.24) is 9.66 Å². The van der Waals surface area contributed by atoms with Gasteiger partial charge in [-0.05, 0) is 61.5 Å². The molecule has 0 fully saturated rings. The fourth-order valence-corrected chi connectivity index (χ4v) is 4.73. The average molecular weight is 608 g/mol. The molecule has 0 bridgehead atoms. The first-order valence-electron chi connectivity index (χ1n) is 13.3. The zero-order valence-electron chi connectivity index (χ0n) is 23.1. The van der Waals surface area contributed by atoms with E-state index in [-0.39, 0.29) is 28.6 Å². The maximum absolute atomic E-state index is 13.6. The molecule has 218 valence electrons. The summed E-state index contributed by atoms with van der Waals surface area (Å²) in [5, 5.41) is 20.4. The number of fused-ring (bicyclic) bond motifs is 2. The molecule has 12 heteroatoms. The van der Waals surface area contributed by atoms with Crippen LogP contribution in [0, 0.1) is 17.0 Å². The number of benzene rings is 4. The Bertz CT molecular complexity index is 2150. The Morgan fingerprint density at radius 1 is 1.09 bits per heavy atom. The summed E-state index contributed by atoms with van der Waals surface area (Å²) >= 11 is 6.15. The number of nitro benzene ring substituents is 1. The Morgan fingerprint density at radius 3 is 2.68 bits per heavy atom. The molecule has 0 aliphatic heterocycles. The largest absolute Gasteiger partial charge is 0.476 e. The van der Waals surface area contributed by atoms with Crippen molar-refractivity contribution in [2.45, 2.75) is 6.92 Å². The van der Waals surface area contributed by atoms with Crippen LogP contribution < -0.4 is 15.6 Å². The van der Waals surface area contributed by atoms with Gasteiger partial charge < -0.3 is 14.5 Å². The third-order valence-corrected chi connectivity index (χ3v) is 6.90. The quantitative estimate of drug-likeness (QED) is 0.117. The van der Waals surface area contributed by atoms with Gasteiger partial charge in [0.15, 0.2) is 12.4 Å². The lowest BCUT2D eigenvalue weighted by molar-refractivity contribution is -0.385. The lowest BCUT2D eigenvalue weighted by Gasteiger charge is -2.11. The van der Waals surface area contributed by atoms with Crippen LogP contribution in [0.2, 0.25) is 5.02 Å². The number of anilines is 1. The minimum atomic E-state index is -0.626. The van der Waals surface area contributed by atoms with Gasteiger partial charge in [0.1, 0.15) is 5.58 Å². The summed E-state index contributed by atoms with van der Waals surface area (Å²) in [4.78, 5) is 42.1. The van der Waals surface area contributed by atoms with Crippen LogP contribution in [0.15, 0.2) is 105 Å². The van der Waals surface area contributed by atoms with Crippen molar-refractivity contribution in [3.8, 4) is 17.3 Å². The van der Waals surface area contributed by atoms with Crippen LogP contribution in [0.4, 0.5) is 11.4 Å². The molecule has 44 heavy (non-hydrogen) atoms. The number of carbonyl (C=O) groups excluding carboxylic acids is 1. The molecule has 0 spiro atoms. The number of halogens is 1. The number of nitro groups is 1. The number of aromatic nitrogens is 2. The summed E-state index contributed by atoms with van der Waals surface area (Å²) in [6, 6.07) is 24.9. The zero-order valence-corrected chi connectivity index (χ0v) is 23.8. The summed E-state index contributed by atoms with van der Waals surface area (Å²) in [5.41, 5.74) is 1.82. The number of hydrogen-bond acceptors (Lipinski definition) is 8. The highest BCUT2D eigenvalue weighted by Gasteiger charge is 2.21. The number of nitrogens with zero attached hydrogens (tertiary/aromatic N) is 4. The van der Waals surface area contributed by atoms with Gasteiger partial charge in [0.05, 0.1) is 22.0 Å². The Labute approximate surface area is 254 Å². The molecule has 0 atom stereocenters. The van der Waals surface area contributed by atoms with Gasteiger partial charge in [0.2, 0.25) is 11.6 Å². The minimum absolute atomic E-state index is 0.0997. The van der Waals surface area contributed by atoms with Crippen LogP contribution in [-0.2, 0) is 4.79 Å². The second-order valence-electron chi connectivity index (χ2n) is 9.76. The number of nitrogens with one attached hydrogen (secondary N) is 1. The number of para-hydroxylation sites is 2. The Hall–Kier alpha value is -5.81. The topological polar surface area (TPSA) is 142 Å². The van der Waals surface area contributed by atoms with Gasteiger partial charge in [0.25, 0.3) is 11.5 Å². The third kappa shape index (κ3) is 5.76. The second-order valence-corrected chi connectivity index (χ2v) is 10.2. The highest BCUT2D eigenvalue weighted by atomic mass is 35.5. The number of aryl methyl sites for hydroxylation is 1. The average Bonchev–Trinajstić information content (AvgIpc) is 3.44.